The van der Waals surface area contributed by atoms with Crippen LogP contribution in [0.5, 0.6) is 0 Å². The molecule has 0 unspecified atom stereocenters. The number of likely N-dealkylation sites (tertiary alicyclic amines) is 1. The van der Waals surface area contributed by atoms with Crippen LogP contribution in [0.2, 0.25) is 0 Å². The number of aromatic amines is 1. The Morgan fingerprint density at radius 2 is 1.63 bits per heavy atom. The number of amides is 3. The molecule has 7 heteroatoms. The minimum absolute atomic E-state index is 0.00934. The van der Waals surface area contributed by atoms with Crippen molar-refractivity contribution in [2.45, 2.75) is 50.7 Å². The van der Waals surface area contributed by atoms with Gasteiger partial charge in [0.05, 0.1) is 11.9 Å². The van der Waals surface area contributed by atoms with Gasteiger partial charge < -0.3 is 4.90 Å². The SMILES string of the molecule is CCN1C(=O)N(C2Cc3ccccc3C2)C(=O)C12CCN(Cc1cn[nH]c1-c1ccccc1)CC2. The first-order chi connectivity index (χ1) is 17.1. The van der Waals surface area contributed by atoms with E-state index in [-0.39, 0.29) is 18.0 Å². The Balaban J connectivity index is 1.18. The van der Waals surface area contributed by atoms with E-state index in [9.17, 15) is 9.59 Å². The summed E-state index contributed by atoms with van der Waals surface area (Å²) in [6.45, 7) is 4.86. The predicted octanol–water partition coefficient (Wildman–Crippen LogP) is 3.86. The fraction of sp³-hybridized carbons (Fsp3) is 0.393. The van der Waals surface area contributed by atoms with Crippen LogP contribution in [0, 0.1) is 0 Å². The minimum Gasteiger partial charge on any atom is -0.310 e. The monoisotopic (exact) mass is 469 g/mol. The molecule has 2 aromatic carbocycles. The highest BCUT2D eigenvalue weighted by atomic mass is 16.2. The lowest BCUT2D eigenvalue weighted by Gasteiger charge is -2.42. The zero-order chi connectivity index (χ0) is 24.0. The molecule has 3 heterocycles. The topological polar surface area (TPSA) is 72.5 Å². The summed E-state index contributed by atoms with van der Waals surface area (Å²) in [5, 5.41) is 7.43. The van der Waals surface area contributed by atoms with E-state index in [1.165, 1.54) is 11.1 Å². The van der Waals surface area contributed by atoms with Crippen LogP contribution in [0.25, 0.3) is 11.3 Å². The summed E-state index contributed by atoms with van der Waals surface area (Å²) in [7, 11) is 0. The number of H-pyrrole nitrogens is 1. The van der Waals surface area contributed by atoms with Crippen LogP contribution in [0.4, 0.5) is 4.79 Å². The Bertz CT molecular complexity index is 1220. The molecule has 3 aliphatic rings. The van der Waals surface area contributed by atoms with Crippen molar-refractivity contribution >= 4 is 11.9 Å². The zero-order valence-electron chi connectivity index (χ0n) is 20.1. The van der Waals surface area contributed by atoms with Gasteiger partial charge in [0.2, 0.25) is 0 Å². The molecule has 0 saturated carbocycles. The van der Waals surface area contributed by atoms with Gasteiger partial charge in [-0.25, -0.2) is 4.79 Å². The molecule has 2 saturated heterocycles. The maximum atomic E-state index is 13.9. The van der Waals surface area contributed by atoms with Crippen molar-refractivity contribution in [3.63, 3.8) is 0 Å². The summed E-state index contributed by atoms with van der Waals surface area (Å²) in [5.74, 6) is 0.00934. The van der Waals surface area contributed by atoms with Crippen LogP contribution in [0.3, 0.4) is 0 Å². The Labute approximate surface area is 205 Å². The molecular formula is C28H31N5O2. The van der Waals surface area contributed by atoms with E-state index in [1.54, 1.807) is 4.90 Å². The van der Waals surface area contributed by atoms with Gasteiger partial charge in [-0.05, 0) is 49.3 Å². The molecule has 3 amide bonds. The molecule has 7 nitrogen and oxygen atoms in total. The summed E-state index contributed by atoms with van der Waals surface area (Å²) >= 11 is 0. The molecule has 2 aliphatic heterocycles. The number of hydrogen-bond acceptors (Lipinski definition) is 4. The number of fused-ring (bicyclic) bond motifs is 1. The molecule has 2 fully saturated rings. The molecular weight excluding hydrogens is 438 g/mol. The second kappa shape index (κ2) is 8.64. The molecule has 3 aromatic rings. The molecule has 35 heavy (non-hydrogen) atoms. The second-order valence-corrected chi connectivity index (χ2v) is 9.98. The van der Waals surface area contributed by atoms with E-state index in [1.807, 2.05) is 48.4 Å². The van der Waals surface area contributed by atoms with E-state index in [0.717, 1.165) is 49.3 Å². The smallest absolute Gasteiger partial charge is 0.310 e. The van der Waals surface area contributed by atoms with Gasteiger partial charge in [0.1, 0.15) is 5.54 Å². The van der Waals surface area contributed by atoms with Gasteiger partial charge in [0, 0.05) is 37.8 Å². The Morgan fingerprint density at radius 3 is 2.29 bits per heavy atom. The average molecular weight is 470 g/mol. The Hall–Kier alpha value is -3.45. The first kappa shape index (κ1) is 22.0. The summed E-state index contributed by atoms with van der Waals surface area (Å²) in [6.07, 6.45) is 4.75. The Morgan fingerprint density at radius 1 is 0.971 bits per heavy atom. The second-order valence-electron chi connectivity index (χ2n) is 9.98. The number of nitrogens with one attached hydrogen (secondary N) is 1. The summed E-state index contributed by atoms with van der Waals surface area (Å²) < 4.78 is 0. The van der Waals surface area contributed by atoms with Gasteiger partial charge in [-0.3, -0.25) is 19.7 Å². The highest BCUT2D eigenvalue weighted by Crippen LogP contribution is 2.40. The maximum absolute atomic E-state index is 13.9. The lowest BCUT2D eigenvalue weighted by Crippen LogP contribution is -2.56. The van der Waals surface area contributed by atoms with Crippen molar-refractivity contribution in [3.05, 3.63) is 77.5 Å². The summed E-state index contributed by atoms with van der Waals surface area (Å²) in [4.78, 5) is 33.2. The lowest BCUT2D eigenvalue weighted by atomic mass is 9.85. The van der Waals surface area contributed by atoms with E-state index >= 15 is 0 Å². The minimum atomic E-state index is -0.713. The van der Waals surface area contributed by atoms with Gasteiger partial charge in [0.15, 0.2) is 0 Å². The van der Waals surface area contributed by atoms with E-state index in [4.69, 9.17) is 0 Å². The molecule has 0 bridgehead atoms. The average Bonchev–Trinajstić information content (AvgIpc) is 3.57. The molecule has 1 aliphatic carbocycles. The summed E-state index contributed by atoms with van der Waals surface area (Å²) in [5.41, 5.74) is 5.11. The molecule has 6 rings (SSSR count). The highest BCUT2D eigenvalue weighted by molar-refractivity contribution is 6.07. The van der Waals surface area contributed by atoms with Crippen molar-refractivity contribution in [2.75, 3.05) is 19.6 Å². The van der Waals surface area contributed by atoms with Crippen molar-refractivity contribution in [1.82, 2.24) is 24.9 Å². The van der Waals surface area contributed by atoms with E-state index in [2.05, 4.69) is 39.4 Å². The number of aromatic nitrogens is 2. The van der Waals surface area contributed by atoms with Gasteiger partial charge in [-0.1, -0.05) is 54.6 Å². The Kier molecular flexibility index (Phi) is 5.44. The fourth-order valence-electron chi connectivity index (χ4n) is 6.31. The number of benzene rings is 2. The van der Waals surface area contributed by atoms with Crippen molar-refractivity contribution in [2.24, 2.45) is 0 Å². The number of carbonyl (C=O) groups is 2. The standard InChI is InChI=1S/C28H31N5O2/c1-2-32-27(35)33(24-16-21-10-6-7-11-22(21)17-24)26(34)28(32)12-14-31(15-13-28)19-23-18-29-30-25(23)20-8-4-3-5-9-20/h3-11,18,24H,2,12-17,19H2,1H3,(H,29,30). The van der Waals surface area contributed by atoms with Crippen LogP contribution < -0.4 is 0 Å². The fourth-order valence-corrected chi connectivity index (χ4v) is 6.31. The van der Waals surface area contributed by atoms with Crippen LogP contribution >= 0.6 is 0 Å². The van der Waals surface area contributed by atoms with E-state index in [0.29, 0.717) is 19.4 Å². The first-order valence-electron chi connectivity index (χ1n) is 12.6. The number of rotatable bonds is 5. The molecule has 1 spiro atoms. The molecule has 0 atom stereocenters. The number of nitrogens with zero attached hydrogens (tertiary/aromatic N) is 4. The van der Waals surface area contributed by atoms with Gasteiger partial charge in [-0.2, -0.15) is 5.10 Å². The number of urea groups is 1. The largest absolute Gasteiger partial charge is 0.327 e. The van der Waals surface area contributed by atoms with E-state index < -0.39 is 5.54 Å². The zero-order valence-corrected chi connectivity index (χ0v) is 20.1. The van der Waals surface area contributed by atoms with Crippen LogP contribution in [-0.4, -0.2) is 68.1 Å². The number of hydrogen-bond donors (Lipinski definition) is 1. The van der Waals surface area contributed by atoms with Crippen molar-refractivity contribution in [1.29, 1.82) is 0 Å². The van der Waals surface area contributed by atoms with Crippen LogP contribution in [0.15, 0.2) is 60.8 Å². The maximum Gasteiger partial charge on any atom is 0.327 e. The quantitative estimate of drug-likeness (QED) is 0.576. The van der Waals surface area contributed by atoms with Crippen LogP contribution in [-0.2, 0) is 24.2 Å². The third-order valence-corrected chi connectivity index (χ3v) is 8.14. The highest BCUT2D eigenvalue weighted by Gasteiger charge is 2.59. The molecule has 0 radical (unpaired) electrons. The predicted molar refractivity (Wildman–Crippen MR) is 134 cm³/mol. The number of imide groups is 1. The van der Waals surface area contributed by atoms with Gasteiger partial charge >= 0.3 is 6.03 Å². The number of likely N-dealkylation sites (N-methyl/N-ethyl adjacent to an activating group) is 1. The third kappa shape index (κ3) is 3.57. The molecule has 1 aromatic heterocycles. The lowest BCUT2D eigenvalue weighted by molar-refractivity contribution is -0.137. The van der Waals surface area contributed by atoms with Gasteiger partial charge in [0.25, 0.3) is 5.91 Å². The molecule has 1 N–H and O–H groups in total. The van der Waals surface area contributed by atoms with Gasteiger partial charge in [-0.15, -0.1) is 0 Å². The normalized spacial score (nSPS) is 20.3. The first-order valence-corrected chi connectivity index (χ1v) is 12.6. The van der Waals surface area contributed by atoms with Crippen molar-refractivity contribution in [3.8, 4) is 11.3 Å². The number of carbonyl (C=O) groups excluding carboxylic acids is 2. The molecule has 180 valence electrons. The van der Waals surface area contributed by atoms with Crippen molar-refractivity contribution < 1.29 is 9.59 Å². The summed E-state index contributed by atoms with van der Waals surface area (Å²) in [6, 6.07) is 18.4. The third-order valence-electron chi connectivity index (χ3n) is 8.14. The van der Waals surface area contributed by atoms with Crippen LogP contribution in [0.1, 0.15) is 36.5 Å². The number of piperidine rings is 1.